The van der Waals surface area contributed by atoms with E-state index in [1.165, 1.54) is 0 Å². The fourth-order valence-corrected chi connectivity index (χ4v) is 2.54. The van der Waals surface area contributed by atoms with Crippen LogP contribution in [-0.4, -0.2) is 12.5 Å². The standard InChI is InChI=1S/C17H18BrClN2O/c1-11-4-6-14(10-15(11)18)21-17(22)7-8-20-16-9-13(19)5-3-12(16)2/h3-6,9-10,20H,7-8H2,1-2H3,(H,21,22). The second kappa shape index (κ2) is 7.65. The van der Waals surface area contributed by atoms with E-state index in [2.05, 4.69) is 26.6 Å². The van der Waals surface area contributed by atoms with Gasteiger partial charge in [0.05, 0.1) is 0 Å². The van der Waals surface area contributed by atoms with E-state index < -0.39 is 0 Å². The Morgan fingerprint density at radius 2 is 1.86 bits per heavy atom. The van der Waals surface area contributed by atoms with Crippen molar-refractivity contribution in [1.82, 2.24) is 0 Å². The Hall–Kier alpha value is -1.52. The van der Waals surface area contributed by atoms with Crippen LogP contribution >= 0.6 is 27.5 Å². The van der Waals surface area contributed by atoms with Crippen molar-refractivity contribution in [3.63, 3.8) is 0 Å². The molecule has 0 heterocycles. The summed E-state index contributed by atoms with van der Waals surface area (Å²) in [5, 5.41) is 6.81. The number of hydrogen-bond donors (Lipinski definition) is 2. The highest BCUT2D eigenvalue weighted by molar-refractivity contribution is 9.10. The number of halogens is 2. The van der Waals surface area contributed by atoms with Crippen molar-refractivity contribution in [2.45, 2.75) is 20.3 Å². The van der Waals surface area contributed by atoms with Crippen LogP contribution in [0.4, 0.5) is 11.4 Å². The molecule has 5 heteroatoms. The first kappa shape index (κ1) is 16.8. The zero-order valence-electron chi connectivity index (χ0n) is 12.5. The fraction of sp³-hybridized carbons (Fsp3) is 0.235. The smallest absolute Gasteiger partial charge is 0.226 e. The molecule has 0 radical (unpaired) electrons. The van der Waals surface area contributed by atoms with Gasteiger partial charge < -0.3 is 10.6 Å². The fourth-order valence-electron chi connectivity index (χ4n) is 1.99. The van der Waals surface area contributed by atoms with Crippen molar-refractivity contribution in [3.8, 4) is 0 Å². The van der Waals surface area contributed by atoms with Crippen LogP contribution in [0.25, 0.3) is 0 Å². The van der Waals surface area contributed by atoms with Crippen molar-refractivity contribution >= 4 is 44.8 Å². The summed E-state index contributed by atoms with van der Waals surface area (Å²) >= 11 is 9.43. The molecule has 2 N–H and O–H groups in total. The minimum absolute atomic E-state index is 0.0251. The van der Waals surface area contributed by atoms with Gasteiger partial charge in [-0.1, -0.05) is 39.7 Å². The number of anilines is 2. The van der Waals surface area contributed by atoms with Crippen LogP contribution in [-0.2, 0) is 4.79 Å². The van der Waals surface area contributed by atoms with E-state index in [1.807, 2.05) is 50.2 Å². The van der Waals surface area contributed by atoms with Crippen LogP contribution in [0.1, 0.15) is 17.5 Å². The van der Waals surface area contributed by atoms with Crippen LogP contribution in [0.2, 0.25) is 5.02 Å². The van der Waals surface area contributed by atoms with Crippen LogP contribution in [0.3, 0.4) is 0 Å². The third-order valence-electron chi connectivity index (χ3n) is 3.32. The summed E-state index contributed by atoms with van der Waals surface area (Å²) in [6.45, 7) is 4.57. The number of hydrogen-bond acceptors (Lipinski definition) is 2. The maximum atomic E-state index is 12.0. The third-order valence-corrected chi connectivity index (χ3v) is 4.41. The molecule has 22 heavy (non-hydrogen) atoms. The Labute approximate surface area is 144 Å². The Kier molecular flexibility index (Phi) is 5.86. The van der Waals surface area contributed by atoms with Crippen LogP contribution < -0.4 is 10.6 Å². The lowest BCUT2D eigenvalue weighted by Crippen LogP contribution is -2.16. The van der Waals surface area contributed by atoms with Gasteiger partial charge in [0.25, 0.3) is 0 Å². The van der Waals surface area contributed by atoms with E-state index in [1.54, 1.807) is 0 Å². The first-order chi connectivity index (χ1) is 10.5. The first-order valence-electron chi connectivity index (χ1n) is 7.02. The minimum Gasteiger partial charge on any atom is -0.384 e. The van der Waals surface area contributed by atoms with Crippen molar-refractivity contribution < 1.29 is 4.79 Å². The second-order valence-electron chi connectivity index (χ2n) is 5.15. The molecule has 0 atom stereocenters. The Balaban J connectivity index is 1.85. The van der Waals surface area contributed by atoms with Gasteiger partial charge in [-0.05, 0) is 49.2 Å². The number of benzene rings is 2. The van der Waals surface area contributed by atoms with Gasteiger partial charge in [-0.25, -0.2) is 0 Å². The first-order valence-corrected chi connectivity index (χ1v) is 8.19. The summed E-state index contributed by atoms with van der Waals surface area (Å²) in [5.41, 5.74) is 3.99. The van der Waals surface area contributed by atoms with Gasteiger partial charge in [0.1, 0.15) is 0 Å². The van der Waals surface area contributed by atoms with Crippen LogP contribution in [0, 0.1) is 13.8 Å². The molecular formula is C17H18BrClN2O. The molecular weight excluding hydrogens is 364 g/mol. The van der Waals surface area contributed by atoms with Gasteiger partial charge in [-0.2, -0.15) is 0 Å². The van der Waals surface area contributed by atoms with Gasteiger partial charge in [0, 0.05) is 33.8 Å². The molecule has 0 aliphatic rings. The molecule has 2 aromatic rings. The zero-order chi connectivity index (χ0) is 16.1. The highest BCUT2D eigenvalue weighted by atomic mass is 79.9. The van der Waals surface area contributed by atoms with Crippen molar-refractivity contribution in [2.24, 2.45) is 0 Å². The van der Waals surface area contributed by atoms with Crippen LogP contribution in [0.5, 0.6) is 0 Å². The molecule has 0 spiro atoms. The number of amides is 1. The lowest BCUT2D eigenvalue weighted by molar-refractivity contribution is -0.115. The van der Waals surface area contributed by atoms with Crippen molar-refractivity contribution in [1.29, 1.82) is 0 Å². The largest absolute Gasteiger partial charge is 0.384 e. The Bertz CT molecular complexity index is 688. The molecule has 0 saturated carbocycles. The summed E-state index contributed by atoms with van der Waals surface area (Å²) in [4.78, 5) is 12.0. The molecule has 3 nitrogen and oxygen atoms in total. The summed E-state index contributed by atoms with van der Waals surface area (Å²) < 4.78 is 0.984. The van der Waals surface area contributed by atoms with E-state index in [-0.39, 0.29) is 5.91 Å². The molecule has 2 aromatic carbocycles. The minimum atomic E-state index is -0.0251. The summed E-state index contributed by atoms with van der Waals surface area (Å²) in [7, 11) is 0. The number of carbonyl (C=O) groups excluding carboxylic acids is 1. The topological polar surface area (TPSA) is 41.1 Å². The Morgan fingerprint density at radius 1 is 1.14 bits per heavy atom. The van der Waals surface area contributed by atoms with E-state index in [0.29, 0.717) is 18.0 Å². The summed E-state index contributed by atoms with van der Waals surface area (Å²) in [5.74, 6) is -0.0251. The number of nitrogens with one attached hydrogen (secondary N) is 2. The molecule has 0 fully saturated rings. The molecule has 116 valence electrons. The quantitative estimate of drug-likeness (QED) is 0.751. The molecule has 0 bridgehead atoms. The number of aryl methyl sites for hydroxylation is 2. The maximum absolute atomic E-state index is 12.0. The highest BCUT2D eigenvalue weighted by Gasteiger charge is 2.05. The van der Waals surface area contributed by atoms with Gasteiger partial charge in [0.15, 0.2) is 0 Å². The van der Waals surface area contributed by atoms with E-state index >= 15 is 0 Å². The van der Waals surface area contributed by atoms with Crippen molar-refractivity contribution in [2.75, 3.05) is 17.2 Å². The molecule has 0 aliphatic carbocycles. The highest BCUT2D eigenvalue weighted by Crippen LogP contribution is 2.21. The average molecular weight is 382 g/mol. The average Bonchev–Trinajstić information content (AvgIpc) is 2.46. The monoisotopic (exact) mass is 380 g/mol. The molecule has 1 amide bonds. The van der Waals surface area contributed by atoms with Gasteiger partial charge >= 0.3 is 0 Å². The third kappa shape index (κ3) is 4.75. The molecule has 0 unspecified atom stereocenters. The number of rotatable bonds is 5. The van der Waals surface area contributed by atoms with Crippen molar-refractivity contribution in [3.05, 3.63) is 57.0 Å². The molecule has 0 saturated heterocycles. The van der Waals surface area contributed by atoms with Gasteiger partial charge in [-0.3, -0.25) is 4.79 Å². The van der Waals surface area contributed by atoms with Gasteiger partial charge in [-0.15, -0.1) is 0 Å². The van der Waals surface area contributed by atoms with E-state index in [0.717, 1.165) is 27.0 Å². The van der Waals surface area contributed by atoms with E-state index in [4.69, 9.17) is 11.6 Å². The van der Waals surface area contributed by atoms with Crippen LogP contribution in [0.15, 0.2) is 40.9 Å². The predicted molar refractivity (Wildman–Crippen MR) is 96.8 cm³/mol. The summed E-state index contributed by atoms with van der Waals surface area (Å²) in [6.07, 6.45) is 0.386. The Morgan fingerprint density at radius 3 is 2.59 bits per heavy atom. The lowest BCUT2D eigenvalue weighted by atomic mass is 10.2. The summed E-state index contributed by atoms with van der Waals surface area (Å²) in [6, 6.07) is 11.4. The van der Waals surface area contributed by atoms with E-state index in [9.17, 15) is 4.79 Å². The number of carbonyl (C=O) groups is 1. The molecule has 2 rings (SSSR count). The zero-order valence-corrected chi connectivity index (χ0v) is 14.9. The normalized spacial score (nSPS) is 10.4. The second-order valence-corrected chi connectivity index (χ2v) is 6.44. The van der Waals surface area contributed by atoms with Gasteiger partial charge in [0.2, 0.25) is 5.91 Å². The SMILES string of the molecule is Cc1ccc(NC(=O)CCNc2cc(Cl)ccc2C)cc1Br. The molecule has 0 aliphatic heterocycles. The lowest BCUT2D eigenvalue weighted by Gasteiger charge is -2.10. The molecule has 0 aromatic heterocycles. The maximum Gasteiger partial charge on any atom is 0.226 e. The predicted octanol–water partition coefficient (Wildman–Crippen LogP) is 5.16.